The molecule has 0 aromatic heterocycles. The van der Waals surface area contributed by atoms with Gasteiger partial charge in [0.05, 0.1) is 11.7 Å². The maximum Gasteiger partial charge on any atom is 0.132 e. The van der Waals surface area contributed by atoms with Crippen LogP contribution in [-0.4, -0.2) is 17.5 Å². The van der Waals surface area contributed by atoms with E-state index < -0.39 is 0 Å². The molecule has 0 aliphatic rings. The molecule has 0 spiro atoms. The molecule has 0 bridgehead atoms. The number of ketones is 1. The van der Waals surface area contributed by atoms with Crippen LogP contribution in [0.25, 0.3) is 0 Å². The van der Waals surface area contributed by atoms with Gasteiger partial charge in [-0.3, -0.25) is 4.79 Å². The van der Waals surface area contributed by atoms with Crippen LogP contribution in [0.5, 0.6) is 0 Å². The molecule has 0 aliphatic carbocycles. The van der Waals surface area contributed by atoms with Gasteiger partial charge in [0.25, 0.3) is 0 Å². The molecule has 0 heterocycles. The van der Waals surface area contributed by atoms with E-state index in [2.05, 4.69) is 6.92 Å². The minimum atomic E-state index is -0.317. The average Bonchev–Trinajstić information content (AvgIpc) is 1.98. The Morgan fingerprint density at radius 3 is 2.29 bits per heavy atom. The van der Waals surface area contributed by atoms with Gasteiger partial charge >= 0.3 is 0 Å². The quantitative estimate of drug-likeness (QED) is 0.490. The van der Waals surface area contributed by atoms with Crippen molar-refractivity contribution in [2.75, 3.05) is 0 Å². The maximum absolute atomic E-state index is 10.9. The predicted molar refractivity (Wildman–Crippen MR) is 55.9 cm³/mol. The molecule has 3 nitrogen and oxygen atoms in total. The highest BCUT2D eigenvalue weighted by Gasteiger charge is 2.17. The van der Waals surface area contributed by atoms with Gasteiger partial charge in [-0.15, -0.1) is 0 Å². The first kappa shape index (κ1) is 13.6. The molecule has 0 N–H and O–H groups in total. The van der Waals surface area contributed by atoms with E-state index in [1.807, 2.05) is 20.8 Å². The van der Waals surface area contributed by atoms with Gasteiger partial charge in [0.1, 0.15) is 5.78 Å². The fraction of sp³-hybridized carbons (Fsp3) is 0.909. The second kappa shape index (κ2) is 6.14. The number of hydrogen-bond acceptors (Lipinski definition) is 3. The highest BCUT2D eigenvalue weighted by atomic mass is 17.2. The third kappa shape index (κ3) is 8.20. The summed E-state index contributed by atoms with van der Waals surface area (Å²) in [5, 5.41) is 0. The normalized spacial score (nSPS) is 14.1. The van der Waals surface area contributed by atoms with Crippen LogP contribution in [-0.2, 0) is 14.6 Å². The first-order valence-corrected chi connectivity index (χ1v) is 5.19. The standard InChI is InChI=1S/C11H22O3/c1-6-7-10(8-9(2)12)13-14-11(3,4)5/h10H,6-8H2,1-5H3/t10-/m1/s1. The van der Waals surface area contributed by atoms with E-state index >= 15 is 0 Å². The fourth-order valence-electron chi connectivity index (χ4n) is 1.04. The van der Waals surface area contributed by atoms with Crippen LogP contribution in [0.4, 0.5) is 0 Å². The molecule has 0 aliphatic heterocycles. The molecule has 0 saturated heterocycles. The van der Waals surface area contributed by atoms with E-state index in [9.17, 15) is 4.79 Å². The van der Waals surface area contributed by atoms with Gasteiger partial charge < -0.3 is 0 Å². The van der Waals surface area contributed by atoms with Crippen LogP contribution in [0.1, 0.15) is 53.9 Å². The van der Waals surface area contributed by atoms with Gasteiger partial charge in [-0.25, -0.2) is 9.78 Å². The van der Waals surface area contributed by atoms with E-state index in [0.717, 1.165) is 12.8 Å². The molecule has 84 valence electrons. The molecule has 3 heteroatoms. The Hall–Kier alpha value is -0.410. The van der Waals surface area contributed by atoms with E-state index in [4.69, 9.17) is 9.78 Å². The number of Topliss-reactive ketones (excluding diaryl/α,β-unsaturated/α-hetero) is 1. The SMILES string of the molecule is CCC[C@H](CC(C)=O)OOC(C)(C)C. The third-order valence-electron chi connectivity index (χ3n) is 1.56. The van der Waals surface area contributed by atoms with Gasteiger partial charge in [0.15, 0.2) is 0 Å². The van der Waals surface area contributed by atoms with E-state index in [-0.39, 0.29) is 17.5 Å². The lowest BCUT2D eigenvalue weighted by atomic mass is 10.1. The monoisotopic (exact) mass is 202 g/mol. The summed E-state index contributed by atoms with van der Waals surface area (Å²) in [6, 6.07) is 0. The second-order valence-corrected chi connectivity index (χ2v) is 4.61. The van der Waals surface area contributed by atoms with Crippen LogP contribution in [0.15, 0.2) is 0 Å². The van der Waals surface area contributed by atoms with Gasteiger partial charge in [0.2, 0.25) is 0 Å². The largest absolute Gasteiger partial charge is 0.300 e. The Labute approximate surface area is 86.7 Å². The Morgan fingerprint density at radius 2 is 1.93 bits per heavy atom. The highest BCUT2D eigenvalue weighted by molar-refractivity contribution is 5.75. The van der Waals surface area contributed by atoms with Gasteiger partial charge in [-0.05, 0) is 34.1 Å². The number of hydrogen-bond donors (Lipinski definition) is 0. The molecule has 0 saturated carbocycles. The van der Waals surface area contributed by atoms with Crippen LogP contribution < -0.4 is 0 Å². The van der Waals surface area contributed by atoms with Crippen molar-refractivity contribution in [1.82, 2.24) is 0 Å². The summed E-state index contributed by atoms with van der Waals surface area (Å²) in [6.45, 7) is 9.40. The van der Waals surface area contributed by atoms with Crippen molar-refractivity contribution >= 4 is 5.78 Å². The molecule has 0 aromatic rings. The van der Waals surface area contributed by atoms with Crippen LogP contribution >= 0.6 is 0 Å². The number of rotatable bonds is 6. The Morgan fingerprint density at radius 1 is 1.36 bits per heavy atom. The lowest BCUT2D eigenvalue weighted by molar-refractivity contribution is -0.373. The highest BCUT2D eigenvalue weighted by Crippen LogP contribution is 2.14. The maximum atomic E-state index is 10.9. The van der Waals surface area contributed by atoms with Crippen molar-refractivity contribution in [3.63, 3.8) is 0 Å². The molecule has 0 fully saturated rings. The molecular formula is C11H22O3. The average molecular weight is 202 g/mol. The third-order valence-corrected chi connectivity index (χ3v) is 1.56. The summed E-state index contributed by atoms with van der Waals surface area (Å²) in [6.07, 6.45) is 2.18. The summed E-state index contributed by atoms with van der Waals surface area (Å²) in [5.41, 5.74) is -0.317. The number of carbonyl (C=O) groups is 1. The van der Waals surface area contributed by atoms with Crippen molar-refractivity contribution < 1.29 is 14.6 Å². The zero-order chi connectivity index (χ0) is 11.2. The number of carbonyl (C=O) groups excluding carboxylic acids is 1. The van der Waals surface area contributed by atoms with Crippen molar-refractivity contribution in [1.29, 1.82) is 0 Å². The minimum Gasteiger partial charge on any atom is -0.300 e. The van der Waals surface area contributed by atoms with E-state index in [0.29, 0.717) is 6.42 Å². The lowest BCUT2D eigenvalue weighted by Gasteiger charge is -2.22. The van der Waals surface area contributed by atoms with Gasteiger partial charge in [-0.1, -0.05) is 13.3 Å². The van der Waals surface area contributed by atoms with E-state index in [1.54, 1.807) is 6.92 Å². The van der Waals surface area contributed by atoms with Crippen molar-refractivity contribution in [2.45, 2.75) is 65.6 Å². The summed E-state index contributed by atoms with van der Waals surface area (Å²) in [5.74, 6) is 0.140. The Bertz CT molecular complexity index is 170. The predicted octanol–water partition coefficient (Wildman–Crippen LogP) is 2.88. The Kier molecular flexibility index (Phi) is 5.96. The van der Waals surface area contributed by atoms with E-state index in [1.165, 1.54) is 0 Å². The minimum absolute atomic E-state index is 0.100. The van der Waals surface area contributed by atoms with Gasteiger partial charge in [-0.2, -0.15) is 0 Å². The van der Waals surface area contributed by atoms with Crippen LogP contribution in [0, 0.1) is 0 Å². The summed E-state index contributed by atoms with van der Waals surface area (Å²) in [4.78, 5) is 21.3. The smallest absolute Gasteiger partial charge is 0.132 e. The van der Waals surface area contributed by atoms with Crippen LogP contribution in [0.3, 0.4) is 0 Å². The fourth-order valence-corrected chi connectivity index (χ4v) is 1.04. The molecule has 14 heavy (non-hydrogen) atoms. The topological polar surface area (TPSA) is 35.5 Å². The zero-order valence-corrected chi connectivity index (χ0v) is 9.92. The molecule has 0 amide bonds. The van der Waals surface area contributed by atoms with Crippen molar-refractivity contribution in [3.8, 4) is 0 Å². The first-order valence-electron chi connectivity index (χ1n) is 5.19. The molecule has 0 unspecified atom stereocenters. The molecule has 0 rings (SSSR count). The lowest BCUT2D eigenvalue weighted by Crippen LogP contribution is -2.25. The van der Waals surface area contributed by atoms with Gasteiger partial charge in [0, 0.05) is 6.42 Å². The van der Waals surface area contributed by atoms with Crippen LogP contribution in [0.2, 0.25) is 0 Å². The molecule has 0 aromatic carbocycles. The van der Waals surface area contributed by atoms with Crippen molar-refractivity contribution in [3.05, 3.63) is 0 Å². The second-order valence-electron chi connectivity index (χ2n) is 4.61. The summed E-state index contributed by atoms with van der Waals surface area (Å²) in [7, 11) is 0. The molecular weight excluding hydrogens is 180 g/mol. The Balaban J connectivity index is 3.90. The summed E-state index contributed by atoms with van der Waals surface area (Å²) < 4.78 is 0. The molecule has 0 radical (unpaired) electrons. The molecule has 1 atom stereocenters. The first-order chi connectivity index (χ1) is 6.35. The zero-order valence-electron chi connectivity index (χ0n) is 9.92. The summed E-state index contributed by atoms with van der Waals surface area (Å²) >= 11 is 0. The van der Waals surface area contributed by atoms with Crippen molar-refractivity contribution in [2.24, 2.45) is 0 Å².